The van der Waals surface area contributed by atoms with Crippen LogP contribution >= 0.6 is 0 Å². The van der Waals surface area contributed by atoms with Crippen LogP contribution in [0, 0.1) is 6.92 Å². The van der Waals surface area contributed by atoms with Gasteiger partial charge in [0.2, 0.25) is 0 Å². The first-order valence-electron chi connectivity index (χ1n) is 6.18. The third-order valence-electron chi connectivity index (χ3n) is 3.18. The Hall–Kier alpha value is -2.16. The number of methoxy groups -OCH3 is 2. The van der Waals surface area contributed by atoms with E-state index >= 15 is 0 Å². The summed E-state index contributed by atoms with van der Waals surface area (Å²) < 4.78 is 10.6. The maximum absolute atomic E-state index is 5.33. The minimum absolute atomic E-state index is 0.735. The molecule has 0 saturated heterocycles. The van der Waals surface area contributed by atoms with Gasteiger partial charge in [-0.2, -0.15) is 0 Å². The molecule has 0 aliphatic carbocycles. The summed E-state index contributed by atoms with van der Waals surface area (Å²) in [6.45, 7) is 2.08. The zero-order chi connectivity index (χ0) is 13.8. The van der Waals surface area contributed by atoms with E-state index in [1.807, 2.05) is 25.2 Å². The van der Waals surface area contributed by atoms with Crippen LogP contribution < -0.4 is 14.4 Å². The van der Waals surface area contributed by atoms with Crippen molar-refractivity contribution in [2.24, 2.45) is 0 Å². The molecule has 3 nitrogen and oxygen atoms in total. The number of aryl methyl sites for hydroxylation is 1. The number of benzene rings is 2. The largest absolute Gasteiger partial charge is 0.493 e. The van der Waals surface area contributed by atoms with Crippen LogP contribution in [0.5, 0.6) is 11.5 Å². The summed E-state index contributed by atoms with van der Waals surface area (Å²) >= 11 is 0. The van der Waals surface area contributed by atoms with Crippen molar-refractivity contribution in [1.82, 2.24) is 0 Å². The van der Waals surface area contributed by atoms with E-state index in [2.05, 4.69) is 36.1 Å². The molecule has 2 rings (SSSR count). The van der Waals surface area contributed by atoms with Gasteiger partial charge in [0.1, 0.15) is 0 Å². The molecule has 0 radical (unpaired) electrons. The number of hydrogen-bond acceptors (Lipinski definition) is 3. The molecular weight excluding hydrogens is 238 g/mol. The van der Waals surface area contributed by atoms with E-state index in [1.165, 1.54) is 5.56 Å². The fraction of sp³-hybridized carbons (Fsp3) is 0.250. The second-order valence-electron chi connectivity index (χ2n) is 4.43. The summed E-state index contributed by atoms with van der Waals surface area (Å²) in [5, 5.41) is 0. The molecule has 2 aromatic rings. The quantitative estimate of drug-likeness (QED) is 0.832. The Balaban J connectivity index is 2.33. The van der Waals surface area contributed by atoms with E-state index in [9.17, 15) is 0 Å². The fourth-order valence-electron chi connectivity index (χ4n) is 1.95. The first kappa shape index (κ1) is 13.3. The lowest BCUT2D eigenvalue weighted by atomic mass is 10.2. The van der Waals surface area contributed by atoms with Crippen LogP contribution in [0.25, 0.3) is 0 Å². The molecule has 3 heteroatoms. The minimum atomic E-state index is 0.735. The first-order chi connectivity index (χ1) is 9.15. The summed E-state index contributed by atoms with van der Waals surface area (Å²) in [7, 11) is 5.32. The van der Waals surface area contributed by atoms with Gasteiger partial charge in [-0.25, -0.2) is 0 Å². The molecule has 0 atom stereocenters. The van der Waals surface area contributed by atoms with Crippen molar-refractivity contribution in [2.45, 2.75) is 6.92 Å². The van der Waals surface area contributed by atoms with E-state index in [0.717, 1.165) is 22.9 Å². The average molecular weight is 257 g/mol. The van der Waals surface area contributed by atoms with Crippen LogP contribution in [0.4, 0.5) is 11.4 Å². The van der Waals surface area contributed by atoms with Crippen molar-refractivity contribution in [3.8, 4) is 11.5 Å². The van der Waals surface area contributed by atoms with Gasteiger partial charge in [-0.15, -0.1) is 0 Å². The molecule has 0 saturated carbocycles. The van der Waals surface area contributed by atoms with E-state index in [0.29, 0.717) is 0 Å². The van der Waals surface area contributed by atoms with Gasteiger partial charge in [0, 0.05) is 24.5 Å². The van der Waals surface area contributed by atoms with Gasteiger partial charge in [0.05, 0.1) is 14.2 Å². The zero-order valence-corrected chi connectivity index (χ0v) is 11.8. The zero-order valence-electron chi connectivity index (χ0n) is 11.8. The lowest BCUT2D eigenvalue weighted by Gasteiger charge is -2.21. The lowest BCUT2D eigenvalue weighted by molar-refractivity contribution is 0.355. The number of ether oxygens (including phenoxy) is 2. The molecule has 0 N–H and O–H groups in total. The maximum atomic E-state index is 5.33. The summed E-state index contributed by atoms with van der Waals surface area (Å²) in [5.41, 5.74) is 3.45. The number of hydrogen-bond donors (Lipinski definition) is 0. The van der Waals surface area contributed by atoms with Crippen molar-refractivity contribution in [1.29, 1.82) is 0 Å². The lowest BCUT2D eigenvalue weighted by Crippen LogP contribution is -2.09. The minimum Gasteiger partial charge on any atom is -0.493 e. The molecule has 0 aromatic heterocycles. The summed E-state index contributed by atoms with van der Waals surface area (Å²) in [6, 6.07) is 14.3. The van der Waals surface area contributed by atoms with Gasteiger partial charge in [-0.05, 0) is 31.2 Å². The van der Waals surface area contributed by atoms with E-state index in [-0.39, 0.29) is 0 Å². The first-order valence-corrected chi connectivity index (χ1v) is 6.18. The van der Waals surface area contributed by atoms with Gasteiger partial charge in [-0.3, -0.25) is 0 Å². The van der Waals surface area contributed by atoms with Crippen LogP contribution in [0.2, 0.25) is 0 Å². The normalized spacial score (nSPS) is 10.1. The van der Waals surface area contributed by atoms with E-state index < -0.39 is 0 Å². The molecule has 0 amide bonds. The van der Waals surface area contributed by atoms with Crippen LogP contribution in [0.3, 0.4) is 0 Å². The van der Waals surface area contributed by atoms with Gasteiger partial charge in [0.15, 0.2) is 11.5 Å². The van der Waals surface area contributed by atoms with E-state index in [1.54, 1.807) is 14.2 Å². The van der Waals surface area contributed by atoms with Gasteiger partial charge in [-0.1, -0.05) is 17.7 Å². The maximum Gasteiger partial charge on any atom is 0.162 e. The Bertz CT molecular complexity index is 549. The van der Waals surface area contributed by atoms with Crippen molar-refractivity contribution < 1.29 is 9.47 Å². The fourth-order valence-corrected chi connectivity index (χ4v) is 1.95. The highest BCUT2D eigenvalue weighted by Gasteiger charge is 2.08. The SMILES string of the molecule is COc1ccc(N(C)c2ccc(C)cc2)cc1OC. The monoisotopic (exact) mass is 257 g/mol. The van der Waals surface area contributed by atoms with Crippen LogP contribution in [-0.2, 0) is 0 Å². The molecule has 100 valence electrons. The molecule has 2 aromatic carbocycles. The standard InChI is InChI=1S/C16H19NO2/c1-12-5-7-13(8-6-12)17(2)14-9-10-15(18-3)16(11-14)19-4/h5-11H,1-4H3. The Morgan fingerprint density at radius 2 is 1.37 bits per heavy atom. The Morgan fingerprint density at radius 3 is 1.95 bits per heavy atom. The molecule has 0 aliphatic heterocycles. The topological polar surface area (TPSA) is 21.7 Å². The highest BCUT2D eigenvalue weighted by Crippen LogP contribution is 2.33. The Labute approximate surface area is 114 Å². The Morgan fingerprint density at radius 1 is 0.789 bits per heavy atom. The summed E-state index contributed by atoms with van der Waals surface area (Å²) in [5.74, 6) is 1.47. The van der Waals surface area contributed by atoms with Crippen LogP contribution in [0.1, 0.15) is 5.56 Å². The third kappa shape index (κ3) is 2.81. The average Bonchev–Trinajstić information content (AvgIpc) is 2.46. The number of rotatable bonds is 4. The van der Waals surface area contributed by atoms with Crippen molar-refractivity contribution in [3.05, 3.63) is 48.0 Å². The summed E-state index contributed by atoms with van der Waals surface area (Å²) in [6.07, 6.45) is 0. The van der Waals surface area contributed by atoms with Crippen LogP contribution in [0.15, 0.2) is 42.5 Å². The van der Waals surface area contributed by atoms with Crippen LogP contribution in [-0.4, -0.2) is 21.3 Å². The van der Waals surface area contributed by atoms with Crippen molar-refractivity contribution in [2.75, 3.05) is 26.2 Å². The van der Waals surface area contributed by atoms with Crippen molar-refractivity contribution >= 4 is 11.4 Å². The smallest absolute Gasteiger partial charge is 0.162 e. The number of nitrogens with zero attached hydrogens (tertiary/aromatic N) is 1. The molecule has 0 aliphatic rings. The van der Waals surface area contributed by atoms with Crippen molar-refractivity contribution in [3.63, 3.8) is 0 Å². The van der Waals surface area contributed by atoms with Gasteiger partial charge >= 0.3 is 0 Å². The van der Waals surface area contributed by atoms with E-state index in [4.69, 9.17) is 9.47 Å². The predicted octanol–water partition coefficient (Wildman–Crippen LogP) is 3.78. The molecule has 0 heterocycles. The Kier molecular flexibility index (Phi) is 3.95. The summed E-state index contributed by atoms with van der Waals surface area (Å²) in [4.78, 5) is 2.11. The highest BCUT2D eigenvalue weighted by molar-refractivity contribution is 5.66. The molecule has 0 unspecified atom stereocenters. The third-order valence-corrected chi connectivity index (χ3v) is 3.18. The molecule has 19 heavy (non-hydrogen) atoms. The molecular formula is C16H19NO2. The predicted molar refractivity (Wildman–Crippen MR) is 78.8 cm³/mol. The van der Waals surface area contributed by atoms with Gasteiger partial charge < -0.3 is 14.4 Å². The molecule has 0 bridgehead atoms. The van der Waals surface area contributed by atoms with Gasteiger partial charge in [0.25, 0.3) is 0 Å². The second kappa shape index (κ2) is 5.65. The second-order valence-corrected chi connectivity index (χ2v) is 4.43. The number of anilines is 2. The molecule has 0 spiro atoms. The highest BCUT2D eigenvalue weighted by atomic mass is 16.5. The molecule has 0 fully saturated rings.